The molecule has 1 heterocycles. The molecule has 148 valence electrons. The van der Waals surface area contributed by atoms with Crippen LogP contribution >= 0.6 is 0 Å². The molecule has 0 aliphatic heterocycles. The van der Waals surface area contributed by atoms with Crippen molar-refractivity contribution in [1.82, 2.24) is 10.2 Å². The smallest absolute Gasteiger partial charge is 0.373 e. The zero-order valence-corrected chi connectivity index (χ0v) is 14.7. The van der Waals surface area contributed by atoms with E-state index in [4.69, 9.17) is 5.11 Å². The van der Waals surface area contributed by atoms with E-state index in [2.05, 4.69) is 36.1 Å². The molecule has 0 atom stereocenters. The Morgan fingerprint density at radius 1 is 1.04 bits per heavy atom. The fourth-order valence-electron chi connectivity index (χ4n) is 1.21. The summed E-state index contributed by atoms with van der Waals surface area (Å²) in [5, 5.41) is 13.5. The number of aromatic amines is 2. The van der Waals surface area contributed by atoms with Crippen LogP contribution in [0.25, 0.3) is 0 Å². The average molecular weight is 376 g/mol. The maximum Gasteiger partial charge on any atom is 0.373 e. The Bertz CT molecular complexity index is 635. The van der Waals surface area contributed by atoms with Crippen LogP contribution in [0.2, 0.25) is 0 Å². The third-order valence-electron chi connectivity index (χ3n) is 2.12. The normalized spacial score (nSPS) is 9.65. The summed E-state index contributed by atoms with van der Waals surface area (Å²) in [6, 6.07) is 1.15. The van der Waals surface area contributed by atoms with Gasteiger partial charge in [0.05, 0.1) is 25.9 Å². The summed E-state index contributed by atoms with van der Waals surface area (Å²) < 4.78 is 13.5. The standard InChI is InChI=1S/C8H12O5.C6H8N2O3.H4N2/c1-3-12-7(10)5-6(9)8(11)13-4-2;1-2-11-6(10)4-3-5(9)8-7-4;1-2/h5,9H,3-4H2,1-2H3;3H,2H2,1H3,(H2,7,8,9);1-2H2/b6-5-;;. The van der Waals surface area contributed by atoms with Gasteiger partial charge in [0.25, 0.3) is 5.56 Å². The minimum atomic E-state index is -0.935. The van der Waals surface area contributed by atoms with E-state index in [1.165, 1.54) is 0 Å². The van der Waals surface area contributed by atoms with Gasteiger partial charge >= 0.3 is 17.9 Å². The van der Waals surface area contributed by atoms with E-state index < -0.39 is 23.7 Å². The van der Waals surface area contributed by atoms with Crippen molar-refractivity contribution in [2.24, 2.45) is 11.7 Å². The van der Waals surface area contributed by atoms with Crippen LogP contribution in [0.5, 0.6) is 0 Å². The molecule has 7 N–H and O–H groups in total. The van der Waals surface area contributed by atoms with E-state index >= 15 is 0 Å². The molecule has 12 heteroatoms. The van der Waals surface area contributed by atoms with Crippen LogP contribution in [0.15, 0.2) is 22.7 Å². The maximum atomic E-state index is 10.8. The number of hydrogen-bond donors (Lipinski definition) is 5. The number of esters is 3. The Kier molecular flexibility index (Phi) is 14.9. The number of H-pyrrole nitrogens is 2. The number of carbonyl (C=O) groups is 3. The minimum absolute atomic E-state index is 0.138. The molecule has 1 aromatic heterocycles. The molecular formula is C14H24N4O8. The van der Waals surface area contributed by atoms with Gasteiger partial charge in [-0.2, -0.15) is 0 Å². The van der Waals surface area contributed by atoms with Gasteiger partial charge in [0.2, 0.25) is 5.76 Å². The van der Waals surface area contributed by atoms with Crippen molar-refractivity contribution < 1.29 is 33.7 Å². The molecule has 0 spiro atoms. The summed E-state index contributed by atoms with van der Waals surface area (Å²) >= 11 is 0. The van der Waals surface area contributed by atoms with Gasteiger partial charge < -0.3 is 19.3 Å². The van der Waals surface area contributed by atoms with Crippen LogP contribution in [0.1, 0.15) is 31.3 Å². The molecular weight excluding hydrogens is 352 g/mol. The lowest BCUT2D eigenvalue weighted by Gasteiger charge is -1.99. The van der Waals surface area contributed by atoms with E-state index in [0.717, 1.165) is 6.07 Å². The number of hydrazine groups is 1. The Morgan fingerprint density at radius 2 is 1.58 bits per heavy atom. The van der Waals surface area contributed by atoms with Crippen molar-refractivity contribution in [3.63, 3.8) is 0 Å². The molecule has 0 aromatic carbocycles. The Labute approximate surface area is 149 Å². The third kappa shape index (κ3) is 11.4. The highest BCUT2D eigenvalue weighted by Gasteiger charge is 2.10. The number of rotatable bonds is 6. The number of hydrogen-bond acceptors (Lipinski definition) is 10. The molecule has 0 aliphatic rings. The van der Waals surface area contributed by atoms with Crippen LogP contribution in [0.3, 0.4) is 0 Å². The predicted octanol–water partition coefficient (Wildman–Crippen LogP) is -0.747. The number of nitrogens with one attached hydrogen (secondary N) is 2. The first-order chi connectivity index (χ1) is 12.3. The highest BCUT2D eigenvalue weighted by molar-refractivity contribution is 5.94. The molecule has 0 saturated carbocycles. The lowest BCUT2D eigenvalue weighted by atomic mass is 10.4. The SMILES string of the molecule is CCOC(=O)/C=C(\O)C(=O)OCC.CCOC(=O)c1cc(=O)[nH][nH]1.NN. The van der Waals surface area contributed by atoms with Crippen molar-refractivity contribution in [3.05, 3.63) is 33.9 Å². The first-order valence-electron chi connectivity index (χ1n) is 7.38. The van der Waals surface area contributed by atoms with Gasteiger partial charge in [0.1, 0.15) is 5.69 Å². The monoisotopic (exact) mass is 376 g/mol. The Balaban J connectivity index is 0. The fraction of sp³-hybridized carbons (Fsp3) is 0.429. The second kappa shape index (κ2) is 15.4. The van der Waals surface area contributed by atoms with Crippen LogP contribution in [-0.4, -0.2) is 53.0 Å². The van der Waals surface area contributed by atoms with Gasteiger partial charge in [-0.25, -0.2) is 14.4 Å². The summed E-state index contributed by atoms with van der Waals surface area (Å²) in [4.78, 5) is 42.8. The van der Waals surface area contributed by atoms with Crippen molar-refractivity contribution in [3.8, 4) is 0 Å². The van der Waals surface area contributed by atoms with E-state index in [-0.39, 0.29) is 24.5 Å². The fourth-order valence-corrected chi connectivity index (χ4v) is 1.21. The summed E-state index contributed by atoms with van der Waals surface area (Å²) in [7, 11) is 0. The van der Waals surface area contributed by atoms with E-state index in [9.17, 15) is 19.2 Å². The molecule has 1 aromatic rings. The summed E-state index contributed by atoms with van der Waals surface area (Å²) in [6.07, 6.45) is 0.682. The van der Waals surface area contributed by atoms with Gasteiger partial charge in [-0.3, -0.25) is 26.7 Å². The summed E-state index contributed by atoms with van der Waals surface area (Å²) in [5.74, 6) is 5.02. The summed E-state index contributed by atoms with van der Waals surface area (Å²) in [6.45, 7) is 5.53. The zero-order valence-electron chi connectivity index (χ0n) is 14.7. The van der Waals surface area contributed by atoms with E-state index in [0.29, 0.717) is 12.7 Å². The van der Waals surface area contributed by atoms with Crippen LogP contribution in [0, 0.1) is 0 Å². The number of aliphatic hydroxyl groups is 1. The quantitative estimate of drug-likeness (QED) is 0.105. The number of aromatic nitrogens is 2. The molecule has 0 unspecified atom stereocenters. The predicted molar refractivity (Wildman–Crippen MR) is 89.7 cm³/mol. The van der Waals surface area contributed by atoms with Gasteiger partial charge in [-0.15, -0.1) is 0 Å². The molecule has 0 saturated heterocycles. The van der Waals surface area contributed by atoms with E-state index in [1.54, 1.807) is 20.8 Å². The molecule has 26 heavy (non-hydrogen) atoms. The molecule has 0 fully saturated rings. The largest absolute Gasteiger partial charge is 0.502 e. The third-order valence-corrected chi connectivity index (χ3v) is 2.12. The van der Waals surface area contributed by atoms with Crippen molar-refractivity contribution in [2.75, 3.05) is 19.8 Å². The van der Waals surface area contributed by atoms with Gasteiger partial charge in [-0.05, 0) is 20.8 Å². The number of carbonyl (C=O) groups excluding carboxylic acids is 3. The Morgan fingerprint density at radius 3 is 2.00 bits per heavy atom. The number of ether oxygens (including phenoxy) is 3. The topological polar surface area (TPSA) is 200 Å². The minimum Gasteiger partial charge on any atom is -0.502 e. The average Bonchev–Trinajstić information content (AvgIpc) is 3.04. The van der Waals surface area contributed by atoms with Crippen LogP contribution < -0.4 is 17.2 Å². The summed E-state index contributed by atoms with van der Waals surface area (Å²) in [5.41, 5.74) is -0.190. The molecule has 0 radical (unpaired) electrons. The van der Waals surface area contributed by atoms with Crippen molar-refractivity contribution in [2.45, 2.75) is 20.8 Å². The van der Waals surface area contributed by atoms with Crippen molar-refractivity contribution >= 4 is 17.9 Å². The van der Waals surface area contributed by atoms with Crippen molar-refractivity contribution in [1.29, 1.82) is 0 Å². The van der Waals surface area contributed by atoms with Gasteiger partial charge in [0, 0.05) is 6.07 Å². The lowest BCUT2D eigenvalue weighted by Crippen LogP contribution is -2.10. The van der Waals surface area contributed by atoms with Crippen LogP contribution in [0.4, 0.5) is 0 Å². The van der Waals surface area contributed by atoms with Gasteiger partial charge in [0.15, 0.2) is 0 Å². The number of nitrogens with two attached hydrogens (primary N) is 2. The molecule has 0 bridgehead atoms. The number of aliphatic hydroxyl groups excluding tert-OH is 1. The maximum absolute atomic E-state index is 10.8. The second-order valence-corrected chi connectivity index (χ2v) is 3.89. The zero-order chi connectivity index (χ0) is 20.5. The second-order valence-electron chi connectivity index (χ2n) is 3.89. The van der Waals surface area contributed by atoms with E-state index in [1.807, 2.05) is 0 Å². The molecule has 0 aliphatic carbocycles. The molecule has 0 amide bonds. The first-order valence-corrected chi connectivity index (χ1v) is 7.38. The van der Waals surface area contributed by atoms with Crippen LogP contribution in [-0.2, 0) is 23.8 Å². The highest BCUT2D eigenvalue weighted by Crippen LogP contribution is 1.94. The highest BCUT2D eigenvalue weighted by atomic mass is 16.5. The Hall–Kier alpha value is -3.12. The molecule has 12 nitrogen and oxygen atoms in total. The lowest BCUT2D eigenvalue weighted by molar-refractivity contribution is -0.143. The molecule has 1 rings (SSSR count). The first kappa shape index (κ1) is 25.1. The van der Waals surface area contributed by atoms with Gasteiger partial charge in [-0.1, -0.05) is 0 Å².